The number of nitrogens with one attached hydrogen (secondary N) is 1. The fourth-order valence-corrected chi connectivity index (χ4v) is 6.30. The van der Waals surface area contributed by atoms with E-state index in [9.17, 15) is 24.7 Å². The third-order valence-electron chi connectivity index (χ3n) is 6.18. The molecule has 0 saturated carbocycles. The second-order valence-corrected chi connectivity index (χ2v) is 11.4. The Labute approximate surface area is 218 Å². The van der Waals surface area contributed by atoms with Gasteiger partial charge in [-0.2, -0.15) is 9.97 Å². The molecule has 0 radical (unpaired) electrons. The van der Waals surface area contributed by atoms with E-state index in [0.717, 1.165) is 0 Å². The summed E-state index contributed by atoms with van der Waals surface area (Å²) < 4.78 is 25.6. The van der Waals surface area contributed by atoms with Crippen molar-refractivity contribution >= 4 is 41.5 Å². The lowest BCUT2D eigenvalue weighted by molar-refractivity contribution is -0.0514. The van der Waals surface area contributed by atoms with E-state index in [2.05, 4.69) is 19.9 Å². The van der Waals surface area contributed by atoms with Crippen LogP contribution in [0.25, 0.3) is 11.2 Å². The molecule has 2 saturated heterocycles. The van der Waals surface area contributed by atoms with Gasteiger partial charge in [0.1, 0.15) is 30.5 Å². The predicted molar refractivity (Wildman–Crippen MR) is 133 cm³/mol. The fourth-order valence-electron chi connectivity index (χ4n) is 4.46. The molecule has 2 aliphatic rings. The van der Waals surface area contributed by atoms with E-state index in [1.165, 1.54) is 27.7 Å². The lowest BCUT2D eigenvalue weighted by atomic mass is 10.2. The average molecular weight is 572 g/mol. The molecular weight excluding hydrogens is 547 g/mol. The molecule has 19 heteroatoms. The van der Waals surface area contributed by atoms with Gasteiger partial charge in [-0.1, -0.05) is 0 Å². The number of nitrogen functional groups attached to an aromatic ring is 2. The summed E-state index contributed by atoms with van der Waals surface area (Å²) >= 11 is 5.22. The molecule has 0 spiro atoms. The van der Waals surface area contributed by atoms with Crippen LogP contribution < -0.4 is 22.7 Å². The van der Waals surface area contributed by atoms with E-state index in [1.807, 2.05) is 0 Å². The van der Waals surface area contributed by atoms with Crippen LogP contribution in [0.1, 0.15) is 25.3 Å². The van der Waals surface area contributed by atoms with Gasteiger partial charge in [-0.15, -0.1) is 0 Å². The summed E-state index contributed by atoms with van der Waals surface area (Å²) in [5.41, 5.74) is 10.2. The summed E-state index contributed by atoms with van der Waals surface area (Å²) in [7, 11) is 0. The van der Waals surface area contributed by atoms with E-state index in [-0.39, 0.29) is 35.8 Å². The molecule has 206 valence electrons. The fraction of sp³-hybridized carbons (Fsp3) is 0.526. The van der Waals surface area contributed by atoms with E-state index in [1.54, 1.807) is 0 Å². The van der Waals surface area contributed by atoms with Crippen molar-refractivity contribution in [3.8, 4) is 0 Å². The molecular formula is C19H25N8O9PS. The third kappa shape index (κ3) is 5.22. The van der Waals surface area contributed by atoms with Gasteiger partial charge in [-0.25, -0.2) is 9.78 Å². The van der Waals surface area contributed by atoms with E-state index in [4.69, 9.17) is 41.8 Å². The minimum atomic E-state index is -3.98. The van der Waals surface area contributed by atoms with Gasteiger partial charge in [0.2, 0.25) is 5.95 Å². The van der Waals surface area contributed by atoms with Gasteiger partial charge in [-0.05, 0) is 17.9 Å². The molecule has 5 rings (SSSR count). The number of anilines is 2. The van der Waals surface area contributed by atoms with Crippen LogP contribution in [-0.2, 0) is 30.3 Å². The molecule has 8 N–H and O–H groups in total. The van der Waals surface area contributed by atoms with Crippen molar-refractivity contribution in [2.45, 2.75) is 49.7 Å². The van der Waals surface area contributed by atoms with Crippen molar-refractivity contribution in [3.63, 3.8) is 0 Å². The number of H-pyrrole nitrogens is 1. The lowest BCUT2D eigenvalue weighted by Gasteiger charge is -2.26. The number of nitrogens with zero attached hydrogens (tertiary/aromatic N) is 5. The number of hydrogen-bond donors (Lipinski definition) is 6. The highest BCUT2D eigenvalue weighted by Crippen LogP contribution is 2.52. The summed E-state index contributed by atoms with van der Waals surface area (Å²) in [6.07, 6.45) is -2.41. The van der Waals surface area contributed by atoms with Crippen LogP contribution in [0.5, 0.6) is 0 Å². The molecule has 5 heterocycles. The second kappa shape index (κ2) is 10.4. The first-order valence-corrected chi connectivity index (χ1v) is 14.0. The Balaban J connectivity index is 1.30. The summed E-state index contributed by atoms with van der Waals surface area (Å²) in [6, 6.07) is 1.42. The molecule has 3 aromatic rings. The molecule has 7 atom stereocenters. The van der Waals surface area contributed by atoms with Gasteiger partial charge in [-0.3, -0.25) is 18.9 Å². The Morgan fingerprint density at radius 3 is 2.26 bits per heavy atom. The molecule has 0 amide bonds. The van der Waals surface area contributed by atoms with Crippen LogP contribution in [0.4, 0.5) is 11.8 Å². The van der Waals surface area contributed by atoms with Crippen molar-refractivity contribution in [1.29, 1.82) is 0 Å². The van der Waals surface area contributed by atoms with Gasteiger partial charge in [0.15, 0.2) is 11.2 Å². The first-order valence-electron chi connectivity index (χ1n) is 11.4. The van der Waals surface area contributed by atoms with Crippen molar-refractivity contribution in [2.24, 2.45) is 0 Å². The maximum Gasteiger partial charge on any atom is 0.351 e. The quantitative estimate of drug-likeness (QED) is 0.161. The Kier molecular flexibility index (Phi) is 7.33. The Morgan fingerprint density at radius 1 is 1.08 bits per heavy atom. The predicted octanol–water partition coefficient (Wildman–Crippen LogP) is -1.91. The zero-order chi connectivity index (χ0) is 27.2. The van der Waals surface area contributed by atoms with Gasteiger partial charge in [0, 0.05) is 19.0 Å². The van der Waals surface area contributed by atoms with Crippen LogP contribution in [0.2, 0.25) is 0 Å². The summed E-state index contributed by atoms with van der Waals surface area (Å²) in [5, 5.41) is 19.6. The summed E-state index contributed by atoms with van der Waals surface area (Å²) in [4.78, 5) is 49.3. The van der Waals surface area contributed by atoms with Gasteiger partial charge < -0.3 is 45.1 Å². The van der Waals surface area contributed by atoms with Crippen molar-refractivity contribution in [2.75, 3.05) is 24.7 Å². The number of fused-ring (bicyclic) bond motifs is 1. The summed E-state index contributed by atoms with van der Waals surface area (Å²) in [5.74, 6) is -0.0687. The smallest absolute Gasteiger partial charge is 0.351 e. The average Bonchev–Trinajstić information content (AvgIpc) is 3.55. The van der Waals surface area contributed by atoms with Crippen molar-refractivity contribution in [3.05, 3.63) is 39.4 Å². The first kappa shape index (κ1) is 26.8. The first-order chi connectivity index (χ1) is 18.1. The van der Waals surface area contributed by atoms with E-state index < -0.39 is 68.1 Å². The molecule has 3 aromatic heterocycles. The molecule has 0 aromatic carbocycles. The molecule has 38 heavy (non-hydrogen) atoms. The molecule has 0 bridgehead atoms. The number of aliphatic hydroxyl groups excluding tert-OH is 2. The largest absolute Gasteiger partial charge is 0.394 e. The number of ether oxygens (including phenoxy) is 2. The van der Waals surface area contributed by atoms with Gasteiger partial charge >= 0.3 is 12.4 Å². The number of imidazole rings is 1. The maximum absolute atomic E-state index is 12.2. The highest BCUT2D eigenvalue weighted by Gasteiger charge is 2.44. The number of aromatic amines is 1. The minimum absolute atomic E-state index is 0.0419. The Hall–Kier alpha value is -2.80. The molecule has 1 unspecified atom stereocenters. The SMILES string of the molecule is Nc1ccn([C@H]2C[C@H](OP(O)(=S)O[C@H]3C[C@H](n4cnc5c(=O)[nH]c(N)nc54)O[C@@H]3CO)[C@@H](CO)O2)c(=O)n1. The molecule has 17 nitrogen and oxygen atoms in total. The third-order valence-corrected chi connectivity index (χ3v) is 7.77. The van der Waals surface area contributed by atoms with Crippen LogP contribution in [0.3, 0.4) is 0 Å². The molecule has 0 aliphatic carbocycles. The van der Waals surface area contributed by atoms with E-state index >= 15 is 0 Å². The standard InChI is InChI=1S/C19H25N8O9PS/c20-12-1-2-26(19(31)23-12)13-3-8(10(5-28)33-13)35-37(32,38)36-9-4-14(34-11(9)6-29)27-7-22-15-16(27)24-18(21)25-17(15)30/h1-2,7-11,13-14,28-29H,3-6H2,(H,32,38)(H2,20,23,31)(H3,21,24,25,30)/t8-,9-,10+,11+,13+,14+,37?/m0/s1. The van der Waals surface area contributed by atoms with Crippen LogP contribution in [0.15, 0.2) is 28.2 Å². The van der Waals surface area contributed by atoms with Gasteiger partial charge in [0.25, 0.3) is 5.56 Å². The lowest BCUT2D eigenvalue weighted by Crippen LogP contribution is -2.30. The normalized spacial score (nSPS) is 29.1. The number of nitrogens with two attached hydrogens (primary N) is 2. The van der Waals surface area contributed by atoms with Crippen LogP contribution >= 0.6 is 6.72 Å². The highest BCUT2D eigenvalue weighted by molar-refractivity contribution is 8.07. The van der Waals surface area contributed by atoms with E-state index in [0.29, 0.717) is 0 Å². The molecule has 2 aliphatic heterocycles. The zero-order valence-corrected chi connectivity index (χ0v) is 21.3. The number of hydrogen-bond acceptors (Lipinski definition) is 14. The van der Waals surface area contributed by atoms with Gasteiger partial charge in [0.05, 0.1) is 31.7 Å². The number of aliphatic hydroxyl groups is 2. The Morgan fingerprint density at radius 2 is 1.68 bits per heavy atom. The minimum Gasteiger partial charge on any atom is -0.394 e. The monoisotopic (exact) mass is 572 g/mol. The Bertz CT molecular complexity index is 1500. The summed E-state index contributed by atoms with van der Waals surface area (Å²) in [6.45, 7) is -4.94. The van der Waals surface area contributed by atoms with Crippen LogP contribution in [-0.4, -0.2) is 81.8 Å². The van der Waals surface area contributed by atoms with Crippen molar-refractivity contribution in [1.82, 2.24) is 29.1 Å². The zero-order valence-electron chi connectivity index (χ0n) is 19.6. The second-order valence-electron chi connectivity index (χ2n) is 8.67. The maximum atomic E-state index is 12.2. The number of aromatic nitrogens is 6. The van der Waals surface area contributed by atoms with Crippen LogP contribution in [0, 0.1) is 0 Å². The highest BCUT2D eigenvalue weighted by atomic mass is 32.5. The topological polar surface area (TPSA) is 248 Å². The molecule has 2 fully saturated rings. The number of rotatable bonds is 8. The van der Waals surface area contributed by atoms with Crippen molar-refractivity contribution < 1.29 is 33.6 Å².